The highest BCUT2D eigenvalue weighted by Gasteiger charge is 2.47. The van der Waals surface area contributed by atoms with E-state index in [-0.39, 0.29) is 5.41 Å². The fraction of sp³-hybridized carbons (Fsp3) is 0.833. The number of carbonyl (C=O) groups is 2. The first kappa shape index (κ1) is 19.8. The summed E-state index contributed by atoms with van der Waals surface area (Å²) in [5.74, 6) is -3.94. The third kappa shape index (κ3) is 5.06. The zero-order chi connectivity index (χ0) is 19.7. The number of carbonyl (C=O) groups excluding carboxylic acids is 2. The van der Waals surface area contributed by atoms with Crippen molar-refractivity contribution in [3.8, 4) is 6.07 Å². The van der Waals surface area contributed by atoms with Crippen molar-refractivity contribution in [3.05, 3.63) is 0 Å². The summed E-state index contributed by atoms with van der Waals surface area (Å²) in [6.07, 6.45) is 4.69. The third-order valence-corrected chi connectivity index (χ3v) is 5.78. The number of halogens is 2. The van der Waals surface area contributed by atoms with E-state index in [1.165, 1.54) is 12.8 Å². The van der Waals surface area contributed by atoms with Crippen LogP contribution in [0.4, 0.5) is 13.6 Å². The molecule has 27 heavy (non-hydrogen) atoms. The van der Waals surface area contributed by atoms with Gasteiger partial charge in [-0.05, 0) is 44.4 Å². The van der Waals surface area contributed by atoms with Crippen molar-refractivity contribution in [1.82, 2.24) is 15.7 Å². The maximum Gasteiger partial charge on any atom is 0.426 e. The van der Waals surface area contributed by atoms with E-state index in [9.17, 15) is 18.4 Å². The first-order chi connectivity index (χ1) is 12.6. The fourth-order valence-corrected chi connectivity index (χ4v) is 4.07. The van der Waals surface area contributed by atoms with Gasteiger partial charge in [0.1, 0.15) is 11.6 Å². The molecule has 0 aromatic heterocycles. The molecule has 3 aliphatic rings. The maximum atomic E-state index is 13.5. The molecule has 2 N–H and O–H groups in total. The summed E-state index contributed by atoms with van der Waals surface area (Å²) in [6.45, 7) is 1.92. The van der Waals surface area contributed by atoms with Gasteiger partial charge in [-0.25, -0.2) is 13.6 Å². The average Bonchev–Trinajstić information content (AvgIpc) is 3.01. The summed E-state index contributed by atoms with van der Waals surface area (Å²) in [7, 11) is 0. The number of amides is 2. The molecule has 0 radical (unpaired) electrons. The third-order valence-electron chi connectivity index (χ3n) is 5.78. The Morgan fingerprint density at radius 3 is 2.48 bits per heavy atom. The Kier molecular flexibility index (Phi) is 5.30. The van der Waals surface area contributed by atoms with E-state index in [1.807, 2.05) is 6.07 Å². The largest absolute Gasteiger partial charge is 0.426 e. The summed E-state index contributed by atoms with van der Waals surface area (Å²) in [4.78, 5) is 29.8. The molecule has 9 heteroatoms. The second-order valence-electron chi connectivity index (χ2n) is 8.35. The molecule has 3 fully saturated rings. The SMILES string of the molecule is CC(F)(F)C[C@H](NC(=O)ON1CCC2(CCCC2)C1)C(=O)NC1(C#N)CC1. The molecule has 0 unspecified atom stereocenters. The van der Waals surface area contributed by atoms with Crippen LogP contribution in [0.15, 0.2) is 0 Å². The number of hydrogen-bond acceptors (Lipinski definition) is 5. The van der Waals surface area contributed by atoms with Crippen LogP contribution in [0.5, 0.6) is 0 Å². The van der Waals surface area contributed by atoms with Crippen LogP contribution in [0.1, 0.15) is 58.3 Å². The Bertz CT molecular complexity index is 633. The first-order valence-corrected chi connectivity index (χ1v) is 9.49. The smallest absolute Gasteiger partial charge is 0.351 e. The standard InChI is InChI=1S/C18H26F2N4O3/c1-16(19,20)10-13(14(25)23-18(11-21)6-7-18)22-15(26)27-24-9-8-17(12-24)4-2-3-5-17/h13H,2-10,12H2,1H3,(H,22,26)(H,23,25)/t13-/m0/s1. The molecular weight excluding hydrogens is 358 g/mol. The fourth-order valence-electron chi connectivity index (χ4n) is 4.07. The van der Waals surface area contributed by atoms with Crippen LogP contribution < -0.4 is 10.6 Å². The van der Waals surface area contributed by atoms with Crippen LogP contribution in [0.25, 0.3) is 0 Å². The second-order valence-corrected chi connectivity index (χ2v) is 8.35. The van der Waals surface area contributed by atoms with E-state index < -0.39 is 35.9 Å². The molecule has 1 aliphatic heterocycles. The highest BCUT2D eigenvalue weighted by atomic mass is 19.3. The van der Waals surface area contributed by atoms with Gasteiger partial charge in [0.2, 0.25) is 11.8 Å². The molecule has 1 atom stereocenters. The monoisotopic (exact) mass is 384 g/mol. The molecule has 1 spiro atoms. The molecule has 2 aliphatic carbocycles. The maximum absolute atomic E-state index is 13.5. The number of hydroxylamine groups is 2. The number of nitrogens with one attached hydrogen (secondary N) is 2. The minimum atomic E-state index is -3.15. The zero-order valence-electron chi connectivity index (χ0n) is 15.5. The lowest BCUT2D eigenvalue weighted by atomic mass is 9.86. The molecule has 1 saturated heterocycles. The summed E-state index contributed by atoms with van der Waals surface area (Å²) in [6, 6.07) is 0.503. The average molecular weight is 384 g/mol. The van der Waals surface area contributed by atoms with Gasteiger partial charge in [0.05, 0.1) is 6.07 Å². The van der Waals surface area contributed by atoms with Gasteiger partial charge in [-0.2, -0.15) is 5.26 Å². The van der Waals surface area contributed by atoms with Gasteiger partial charge in [0.25, 0.3) is 0 Å². The van der Waals surface area contributed by atoms with E-state index in [0.29, 0.717) is 32.9 Å². The van der Waals surface area contributed by atoms with Crippen molar-refractivity contribution < 1.29 is 23.2 Å². The molecule has 150 valence electrons. The van der Waals surface area contributed by atoms with Gasteiger partial charge in [-0.1, -0.05) is 12.8 Å². The van der Waals surface area contributed by atoms with E-state index in [1.54, 1.807) is 5.06 Å². The number of alkyl halides is 2. The Hall–Kier alpha value is -1.95. The van der Waals surface area contributed by atoms with Crippen molar-refractivity contribution in [3.63, 3.8) is 0 Å². The number of nitrogens with zero attached hydrogens (tertiary/aromatic N) is 2. The lowest BCUT2D eigenvalue weighted by Gasteiger charge is -2.25. The summed E-state index contributed by atoms with van der Waals surface area (Å²) < 4.78 is 26.9. The zero-order valence-corrected chi connectivity index (χ0v) is 15.5. The van der Waals surface area contributed by atoms with Crippen molar-refractivity contribution >= 4 is 12.0 Å². The highest BCUT2D eigenvalue weighted by molar-refractivity contribution is 5.86. The lowest BCUT2D eigenvalue weighted by molar-refractivity contribution is -0.127. The quantitative estimate of drug-likeness (QED) is 0.734. The summed E-state index contributed by atoms with van der Waals surface area (Å²) in [5, 5.41) is 15.3. The Morgan fingerprint density at radius 2 is 1.93 bits per heavy atom. The first-order valence-electron chi connectivity index (χ1n) is 9.49. The molecular formula is C18H26F2N4O3. The molecule has 1 heterocycles. The van der Waals surface area contributed by atoms with Crippen molar-refractivity contribution in [2.75, 3.05) is 13.1 Å². The molecule has 3 rings (SSSR count). The van der Waals surface area contributed by atoms with E-state index in [4.69, 9.17) is 10.1 Å². The summed E-state index contributed by atoms with van der Waals surface area (Å²) >= 11 is 0. The van der Waals surface area contributed by atoms with Crippen LogP contribution in [0.2, 0.25) is 0 Å². The van der Waals surface area contributed by atoms with Crippen molar-refractivity contribution in [2.24, 2.45) is 5.41 Å². The lowest BCUT2D eigenvalue weighted by Crippen LogP contribution is -2.52. The van der Waals surface area contributed by atoms with Gasteiger partial charge in [-0.15, -0.1) is 5.06 Å². The van der Waals surface area contributed by atoms with Crippen LogP contribution in [-0.4, -0.2) is 47.7 Å². The van der Waals surface area contributed by atoms with Crippen molar-refractivity contribution in [1.29, 1.82) is 5.26 Å². The van der Waals surface area contributed by atoms with Crippen LogP contribution in [0, 0.1) is 16.7 Å². The van der Waals surface area contributed by atoms with Crippen LogP contribution >= 0.6 is 0 Å². The van der Waals surface area contributed by atoms with Gasteiger partial charge < -0.3 is 15.5 Å². The van der Waals surface area contributed by atoms with Crippen LogP contribution in [-0.2, 0) is 9.63 Å². The topological polar surface area (TPSA) is 94.5 Å². The van der Waals surface area contributed by atoms with E-state index >= 15 is 0 Å². The van der Waals surface area contributed by atoms with Gasteiger partial charge in [-0.3, -0.25) is 4.79 Å². The highest BCUT2D eigenvalue weighted by Crippen LogP contribution is 2.45. The molecule has 2 saturated carbocycles. The van der Waals surface area contributed by atoms with Gasteiger partial charge in [0, 0.05) is 19.5 Å². The molecule has 0 aromatic carbocycles. The van der Waals surface area contributed by atoms with E-state index in [0.717, 1.165) is 19.3 Å². The summed E-state index contributed by atoms with van der Waals surface area (Å²) in [5.41, 5.74) is -0.799. The second kappa shape index (κ2) is 7.23. The molecule has 0 aromatic rings. The van der Waals surface area contributed by atoms with Gasteiger partial charge in [0.15, 0.2) is 0 Å². The van der Waals surface area contributed by atoms with Crippen molar-refractivity contribution in [2.45, 2.75) is 75.8 Å². The number of hydrogen-bond donors (Lipinski definition) is 2. The minimum Gasteiger partial charge on any atom is -0.351 e. The predicted molar refractivity (Wildman–Crippen MR) is 91.5 cm³/mol. The molecule has 0 bridgehead atoms. The predicted octanol–water partition coefficient (Wildman–Crippen LogP) is 2.48. The van der Waals surface area contributed by atoms with Crippen LogP contribution in [0.3, 0.4) is 0 Å². The molecule has 7 nitrogen and oxygen atoms in total. The Morgan fingerprint density at radius 1 is 1.26 bits per heavy atom. The molecule has 2 amide bonds. The minimum absolute atomic E-state index is 0.193. The number of nitriles is 1. The van der Waals surface area contributed by atoms with Gasteiger partial charge >= 0.3 is 6.09 Å². The normalized spacial score (nSPS) is 24.2. The number of rotatable bonds is 6. The Labute approximate surface area is 157 Å². The Balaban J connectivity index is 1.55. The van der Waals surface area contributed by atoms with E-state index in [2.05, 4.69) is 10.6 Å².